The number of hydrogen-bond acceptors (Lipinski definition) is 9. The van der Waals surface area contributed by atoms with Crippen LogP contribution in [0.25, 0.3) is 0 Å². The van der Waals surface area contributed by atoms with Gasteiger partial charge in [-0.2, -0.15) is 0 Å². The predicted octanol–water partition coefficient (Wildman–Crippen LogP) is 2.46. The first kappa shape index (κ1) is 41.3. The predicted molar refractivity (Wildman–Crippen MR) is 200 cm³/mol. The molecular weight excluding hydrogens is 740 g/mol. The van der Waals surface area contributed by atoms with Gasteiger partial charge in [0.15, 0.2) is 11.5 Å². The lowest BCUT2D eigenvalue weighted by Crippen LogP contribution is -3.00. The van der Waals surface area contributed by atoms with Gasteiger partial charge in [0.2, 0.25) is 0 Å². The first-order valence-corrected chi connectivity index (χ1v) is 19.3. The summed E-state index contributed by atoms with van der Waals surface area (Å²) in [6.07, 6.45) is 7.97. The number of hydrogen-bond donors (Lipinski definition) is 5. The number of ether oxygens (including phenoxy) is 4. The van der Waals surface area contributed by atoms with Crippen molar-refractivity contribution >= 4 is 0 Å². The lowest BCUT2D eigenvalue weighted by molar-refractivity contribution is -0.946. The minimum atomic E-state index is -0.922. The summed E-state index contributed by atoms with van der Waals surface area (Å²) < 4.78 is 25.6. The van der Waals surface area contributed by atoms with Gasteiger partial charge >= 0.3 is 0 Å². The highest BCUT2D eigenvalue weighted by molar-refractivity contribution is 5.45. The van der Waals surface area contributed by atoms with Crippen molar-refractivity contribution < 1.29 is 60.8 Å². The van der Waals surface area contributed by atoms with Crippen LogP contribution in [0.4, 0.5) is 0 Å². The molecule has 1 aliphatic carbocycles. The lowest BCUT2D eigenvalue weighted by atomic mass is 9.80. The first-order valence-electron chi connectivity index (χ1n) is 19.3. The van der Waals surface area contributed by atoms with Gasteiger partial charge in [0, 0.05) is 43.4 Å². The second kappa shape index (κ2) is 19.6. The van der Waals surface area contributed by atoms with Gasteiger partial charge in [-0.3, -0.25) is 0 Å². The number of rotatable bonds is 20. The van der Waals surface area contributed by atoms with Crippen molar-refractivity contribution in [3.63, 3.8) is 0 Å². The zero-order valence-corrected chi connectivity index (χ0v) is 32.7. The number of aromatic hydroxyl groups is 1. The fraction of sp³-hybridized carbons (Fsp3) is 0.571. The molecule has 0 radical (unpaired) electrons. The molecule has 292 valence electrons. The number of aliphatic hydroxyl groups is 3. The Hall–Kier alpha value is -2.90. The van der Waals surface area contributed by atoms with E-state index in [1.165, 1.54) is 44.8 Å². The molecule has 3 atom stereocenters. The topological polar surface area (TPSA) is 130 Å². The van der Waals surface area contributed by atoms with Crippen LogP contribution in [0.5, 0.6) is 23.0 Å². The Morgan fingerprint density at radius 1 is 0.906 bits per heavy atom. The number of phenols is 1. The van der Waals surface area contributed by atoms with E-state index in [9.17, 15) is 20.4 Å². The summed E-state index contributed by atoms with van der Waals surface area (Å²) in [5, 5.41) is 44.8. The molecule has 3 saturated heterocycles. The molecule has 3 heterocycles. The molecule has 0 aromatic heterocycles. The molecular formula is C42H59BrN2O8. The van der Waals surface area contributed by atoms with Crippen molar-refractivity contribution in [3.05, 3.63) is 83.4 Å². The van der Waals surface area contributed by atoms with Crippen molar-refractivity contribution in [2.24, 2.45) is 11.8 Å². The molecule has 3 aromatic carbocycles. The molecule has 1 saturated carbocycles. The summed E-state index contributed by atoms with van der Waals surface area (Å²) in [7, 11) is 1.63. The average molecular weight is 800 g/mol. The third-order valence-electron chi connectivity index (χ3n) is 11.8. The molecule has 3 aromatic rings. The number of benzene rings is 3. The molecule has 10 nitrogen and oxygen atoms in total. The third-order valence-corrected chi connectivity index (χ3v) is 11.8. The maximum atomic E-state index is 12.0. The largest absolute Gasteiger partial charge is 1.00 e. The van der Waals surface area contributed by atoms with E-state index >= 15 is 0 Å². The Balaban J connectivity index is 0.00000541. The number of halogens is 1. The zero-order chi connectivity index (χ0) is 36.4. The van der Waals surface area contributed by atoms with Gasteiger partial charge in [-0.25, -0.2) is 0 Å². The monoisotopic (exact) mass is 798 g/mol. The third kappa shape index (κ3) is 10.4. The van der Waals surface area contributed by atoms with Crippen LogP contribution >= 0.6 is 0 Å². The average Bonchev–Trinajstić information content (AvgIpc) is 3.74. The first-order chi connectivity index (χ1) is 25.3. The Labute approximate surface area is 325 Å². The van der Waals surface area contributed by atoms with E-state index in [0.717, 1.165) is 54.6 Å². The number of aliphatic hydroxyl groups excluding tert-OH is 2. The molecule has 0 unspecified atom stereocenters. The standard InChI is InChI=1S/C42H58N2O8.BrH/c1-49-40-26-36(14-16-39(40)51-23-7-19-43-27-38(47)32-13-15-37(46)33(25-32)29-45)50-24-8-20-44-21-17-31(18-22-44)41(28-44)52-30-42(48,35-11-5-6-12-35)34-9-3-2-4-10-34;/h2-4,9-10,13-16,25-26,31,35,38,41,43,45,47-48H,5-8,11-12,17-24,27-30H2,1H3;1H/t31?,38-,41-,42+,44?;/m0./s1. The number of fused-ring (bicyclic) bond motifs is 3. The SMILES string of the molecule is COc1cc(OCCC[N+]23CCC(CC2)[C@@H](OC[C@@](O)(c2ccccc2)C2CCCC2)C3)ccc1OCCCNC[C@H](O)c1ccc(O)c(CO)c1.[Br-]. The van der Waals surface area contributed by atoms with Gasteiger partial charge in [0.1, 0.15) is 29.7 Å². The number of methoxy groups -OCH3 is 1. The molecule has 4 aliphatic rings. The summed E-state index contributed by atoms with van der Waals surface area (Å²) in [4.78, 5) is 0. The Morgan fingerprint density at radius 3 is 2.40 bits per heavy atom. The second-order valence-corrected chi connectivity index (χ2v) is 15.1. The van der Waals surface area contributed by atoms with Crippen LogP contribution in [0.3, 0.4) is 0 Å². The number of nitrogens with one attached hydrogen (secondary N) is 1. The van der Waals surface area contributed by atoms with E-state index in [1.807, 2.05) is 36.4 Å². The number of piperidine rings is 3. The maximum Gasteiger partial charge on any atom is 0.164 e. The number of nitrogens with zero attached hydrogens (tertiary/aromatic N) is 1. The second-order valence-electron chi connectivity index (χ2n) is 15.1. The fourth-order valence-electron chi connectivity index (χ4n) is 8.65. The smallest absolute Gasteiger partial charge is 0.164 e. The van der Waals surface area contributed by atoms with E-state index in [-0.39, 0.29) is 41.4 Å². The van der Waals surface area contributed by atoms with Crippen LogP contribution < -0.4 is 36.5 Å². The number of quaternary nitrogens is 1. The van der Waals surface area contributed by atoms with Crippen LogP contribution in [0.1, 0.15) is 74.2 Å². The molecule has 0 amide bonds. The maximum absolute atomic E-state index is 12.0. The van der Waals surface area contributed by atoms with Crippen molar-refractivity contribution in [1.29, 1.82) is 0 Å². The minimum Gasteiger partial charge on any atom is -1.00 e. The Kier molecular flexibility index (Phi) is 15.3. The van der Waals surface area contributed by atoms with Crippen LogP contribution in [0.15, 0.2) is 66.7 Å². The van der Waals surface area contributed by atoms with Gasteiger partial charge in [0.05, 0.1) is 59.3 Å². The summed E-state index contributed by atoms with van der Waals surface area (Å²) >= 11 is 0. The van der Waals surface area contributed by atoms with Gasteiger partial charge in [-0.1, -0.05) is 49.2 Å². The van der Waals surface area contributed by atoms with E-state index in [4.69, 9.17) is 18.9 Å². The molecule has 4 fully saturated rings. The highest BCUT2D eigenvalue weighted by atomic mass is 79.9. The van der Waals surface area contributed by atoms with E-state index in [2.05, 4.69) is 17.4 Å². The van der Waals surface area contributed by atoms with Crippen LogP contribution in [-0.4, -0.2) is 97.2 Å². The van der Waals surface area contributed by atoms with Crippen molar-refractivity contribution in [2.75, 3.05) is 66.2 Å². The van der Waals surface area contributed by atoms with Gasteiger partial charge in [0.25, 0.3) is 0 Å². The molecule has 2 bridgehead atoms. The quantitative estimate of drug-likeness (QED) is 0.0866. The Bertz CT molecular complexity index is 1550. The van der Waals surface area contributed by atoms with E-state index in [1.54, 1.807) is 19.2 Å². The summed E-state index contributed by atoms with van der Waals surface area (Å²) in [6, 6.07) is 20.6. The molecule has 11 heteroatoms. The normalized spacial score (nSPS) is 22.9. The van der Waals surface area contributed by atoms with Gasteiger partial charge < -0.3 is 66.2 Å². The summed E-state index contributed by atoms with van der Waals surface area (Å²) in [5.41, 5.74) is 1.10. The van der Waals surface area contributed by atoms with Gasteiger partial charge in [-0.15, -0.1) is 0 Å². The summed E-state index contributed by atoms with van der Waals surface area (Å²) in [6.45, 7) is 6.64. The van der Waals surface area contributed by atoms with E-state index in [0.29, 0.717) is 61.5 Å². The van der Waals surface area contributed by atoms with Crippen LogP contribution in [-0.2, 0) is 16.9 Å². The molecule has 7 rings (SSSR count). The fourth-order valence-corrected chi connectivity index (χ4v) is 8.65. The minimum absolute atomic E-state index is 0. The molecule has 53 heavy (non-hydrogen) atoms. The van der Waals surface area contributed by atoms with Crippen LogP contribution in [0.2, 0.25) is 0 Å². The van der Waals surface area contributed by atoms with Crippen molar-refractivity contribution in [1.82, 2.24) is 5.32 Å². The van der Waals surface area contributed by atoms with Crippen LogP contribution in [0, 0.1) is 11.8 Å². The highest BCUT2D eigenvalue weighted by Crippen LogP contribution is 2.43. The molecule has 0 spiro atoms. The van der Waals surface area contributed by atoms with Crippen molar-refractivity contribution in [3.8, 4) is 23.0 Å². The molecule has 3 aliphatic heterocycles. The van der Waals surface area contributed by atoms with E-state index < -0.39 is 11.7 Å². The highest BCUT2D eigenvalue weighted by Gasteiger charge is 2.48. The molecule has 5 N–H and O–H groups in total. The van der Waals surface area contributed by atoms with Gasteiger partial charge in [-0.05, 0) is 67.1 Å². The summed E-state index contributed by atoms with van der Waals surface area (Å²) in [5.74, 6) is 2.89. The Morgan fingerprint density at radius 2 is 1.66 bits per heavy atom. The lowest BCUT2D eigenvalue weighted by Gasteiger charge is -2.53. The van der Waals surface area contributed by atoms with Crippen molar-refractivity contribution in [2.45, 2.75) is 75.8 Å². The zero-order valence-electron chi connectivity index (χ0n) is 31.1.